The summed E-state index contributed by atoms with van der Waals surface area (Å²) < 4.78 is 43.7. The fraction of sp³-hybridized carbons (Fsp3) is 0.176. The molecule has 0 saturated heterocycles. The van der Waals surface area contributed by atoms with Gasteiger partial charge in [-0.15, -0.1) is 0 Å². The first kappa shape index (κ1) is 18.3. The molecular formula is C17H15F3N2O3. The van der Waals surface area contributed by atoms with Crippen LogP contribution in [-0.4, -0.2) is 25.0 Å². The predicted molar refractivity (Wildman–Crippen MR) is 85.0 cm³/mol. The zero-order valence-electron chi connectivity index (χ0n) is 13.0. The van der Waals surface area contributed by atoms with E-state index in [0.29, 0.717) is 5.75 Å². The smallest absolute Gasteiger partial charge is 0.418 e. The number of anilines is 1. The first-order valence-electron chi connectivity index (χ1n) is 7.27. The maximum atomic E-state index is 12.8. The average molecular weight is 352 g/mol. The minimum absolute atomic E-state index is 0.309. The van der Waals surface area contributed by atoms with Crippen LogP contribution in [0.1, 0.15) is 5.56 Å². The number of ether oxygens (including phenoxy) is 1. The van der Waals surface area contributed by atoms with Gasteiger partial charge in [0.1, 0.15) is 5.75 Å². The summed E-state index contributed by atoms with van der Waals surface area (Å²) >= 11 is 0. The molecule has 0 aliphatic rings. The molecule has 132 valence electrons. The van der Waals surface area contributed by atoms with Crippen LogP contribution < -0.4 is 15.4 Å². The molecule has 0 spiro atoms. The lowest BCUT2D eigenvalue weighted by Crippen LogP contribution is -2.36. The van der Waals surface area contributed by atoms with E-state index in [1.165, 1.54) is 12.1 Å². The molecule has 2 aromatic rings. The largest absolute Gasteiger partial charge is 0.484 e. The van der Waals surface area contributed by atoms with Crippen LogP contribution >= 0.6 is 0 Å². The van der Waals surface area contributed by atoms with E-state index in [0.717, 1.165) is 12.1 Å². The lowest BCUT2D eigenvalue weighted by atomic mass is 10.1. The van der Waals surface area contributed by atoms with E-state index >= 15 is 0 Å². The third-order valence-corrected chi connectivity index (χ3v) is 3.07. The van der Waals surface area contributed by atoms with Crippen LogP contribution in [0.5, 0.6) is 5.75 Å². The van der Waals surface area contributed by atoms with E-state index in [-0.39, 0.29) is 12.3 Å². The van der Waals surface area contributed by atoms with Crippen LogP contribution in [0.2, 0.25) is 0 Å². The number of para-hydroxylation sites is 2. The molecule has 5 nitrogen and oxygen atoms in total. The van der Waals surface area contributed by atoms with Crippen molar-refractivity contribution in [1.29, 1.82) is 0 Å². The SMILES string of the molecule is O=C(COc1ccccc1)NCC(=O)Nc1ccccc1C(F)(F)F. The highest BCUT2D eigenvalue weighted by Crippen LogP contribution is 2.34. The molecule has 0 aliphatic carbocycles. The summed E-state index contributed by atoms with van der Waals surface area (Å²) in [5.74, 6) is -0.853. The Hall–Kier alpha value is -3.03. The number of carbonyl (C=O) groups excluding carboxylic acids is 2. The lowest BCUT2D eigenvalue weighted by Gasteiger charge is -2.13. The minimum Gasteiger partial charge on any atom is -0.484 e. The lowest BCUT2D eigenvalue weighted by molar-refractivity contribution is -0.137. The molecule has 0 heterocycles. The van der Waals surface area contributed by atoms with Gasteiger partial charge in [0.05, 0.1) is 17.8 Å². The van der Waals surface area contributed by atoms with Crippen molar-refractivity contribution < 1.29 is 27.5 Å². The molecule has 0 unspecified atom stereocenters. The van der Waals surface area contributed by atoms with Gasteiger partial charge in [0.15, 0.2) is 6.61 Å². The third kappa shape index (κ3) is 5.83. The summed E-state index contributed by atoms with van der Waals surface area (Å²) in [5.41, 5.74) is -1.32. The molecule has 0 radical (unpaired) electrons. The number of hydrogen-bond donors (Lipinski definition) is 2. The van der Waals surface area contributed by atoms with Crippen molar-refractivity contribution in [3.63, 3.8) is 0 Å². The molecular weight excluding hydrogens is 337 g/mol. The van der Waals surface area contributed by atoms with Crippen molar-refractivity contribution in [1.82, 2.24) is 5.32 Å². The van der Waals surface area contributed by atoms with Crippen molar-refractivity contribution in [2.45, 2.75) is 6.18 Å². The molecule has 0 saturated carbocycles. The van der Waals surface area contributed by atoms with E-state index in [1.54, 1.807) is 30.3 Å². The highest BCUT2D eigenvalue weighted by atomic mass is 19.4. The molecule has 0 atom stereocenters. The van der Waals surface area contributed by atoms with Crippen LogP contribution in [-0.2, 0) is 15.8 Å². The Bertz CT molecular complexity index is 733. The average Bonchev–Trinajstić information content (AvgIpc) is 2.58. The second-order valence-corrected chi connectivity index (χ2v) is 4.97. The van der Waals surface area contributed by atoms with Gasteiger partial charge in [-0.2, -0.15) is 13.2 Å². The van der Waals surface area contributed by atoms with Gasteiger partial charge >= 0.3 is 6.18 Å². The van der Waals surface area contributed by atoms with Crippen LogP contribution in [0, 0.1) is 0 Å². The van der Waals surface area contributed by atoms with E-state index < -0.39 is 30.1 Å². The highest BCUT2D eigenvalue weighted by molar-refractivity contribution is 5.95. The quantitative estimate of drug-likeness (QED) is 0.840. The highest BCUT2D eigenvalue weighted by Gasteiger charge is 2.33. The van der Waals surface area contributed by atoms with Gasteiger partial charge in [-0.25, -0.2) is 0 Å². The second kappa shape index (κ2) is 8.18. The summed E-state index contributed by atoms with van der Waals surface area (Å²) in [7, 11) is 0. The zero-order valence-corrected chi connectivity index (χ0v) is 13.0. The number of carbonyl (C=O) groups is 2. The molecule has 0 aliphatic heterocycles. The second-order valence-electron chi connectivity index (χ2n) is 4.97. The van der Waals surface area contributed by atoms with Gasteiger partial charge in [-0.1, -0.05) is 30.3 Å². The Labute approximate surface area is 141 Å². The van der Waals surface area contributed by atoms with Crippen molar-refractivity contribution in [3.8, 4) is 5.75 Å². The summed E-state index contributed by atoms with van der Waals surface area (Å²) in [5, 5.41) is 4.41. The van der Waals surface area contributed by atoms with Crippen LogP contribution in [0.15, 0.2) is 54.6 Å². The van der Waals surface area contributed by atoms with Crippen LogP contribution in [0.25, 0.3) is 0 Å². The zero-order chi connectivity index (χ0) is 18.3. The first-order chi connectivity index (χ1) is 11.9. The van der Waals surface area contributed by atoms with Crippen LogP contribution in [0.4, 0.5) is 18.9 Å². The Morgan fingerprint density at radius 3 is 2.24 bits per heavy atom. The number of hydrogen-bond acceptors (Lipinski definition) is 3. The van der Waals surface area contributed by atoms with Gasteiger partial charge in [-0.05, 0) is 24.3 Å². The number of rotatable bonds is 6. The van der Waals surface area contributed by atoms with Crippen LogP contribution in [0.3, 0.4) is 0 Å². The number of amides is 2. The third-order valence-electron chi connectivity index (χ3n) is 3.07. The topological polar surface area (TPSA) is 67.4 Å². The maximum absolute atomic E-state index is 12.8. The maximum Gasteiger partial charge on any atom is 0.418 e. The molecule has 2 N–H and O–H groups in total. The van der Waals surface area contributed by atoms with Gasteiger partial charge in [-0.3, -0.25) is 9.59 Å². The van der Waals surface area contributed by atoms with Crippen molar-refractivity contribution in [3.05, 3.63) is 60.2 Å². The summed E-state index contributed by atoms with van der Waals surface area (Å²) in [6.45, 7) is -0.778. The summed E-state index contributed by atoms with van der Waals surface area (Å²) in [6, 6.07) is 13.2. The minimum atomic E-state index is -4.59. The normalized spacial score (nSPS) is 10.8. The number of alkyl halides is 3. The van der Waals surface area contributed by atoms with Gasteiger partial charge in [0.25, 0.3) is 5.91 Å². The van der Waals surface area contributed by atoms with Crippen molar-refractivity contribution in [2.24, 2.45) is 0 Å². The monoisotopic (exact) mass is 352 g/mol. The van der Waals surface area contributed by atoms with E-state index in [9.17, 15) is 22.8 Å². The Kier molecular flexibility index (Phi) is 5.99. The predicted octanol–water partition coefficient (Wildman–Crippen LogP) is 2.84. The van der Waals surface area contributed by atoms with E-state index in [4.69, 9.17) is 4.74 Å². The number of halogens is 3. The molecule has 2 rings (SSSR count). The molecule has 0 fully saturated rings. The molecule has 2 amide bonds. The Balaban J connectivity index is 1.82. The van der Waals surface area contributed by atoms with E-state index in [2.05, 4.69) is 10.6 Å². The fourth-order valence-corrected chi connectivity index (χ4v) is 1.93. The molecule has 0 bridgehead atoms. The molecule has 25 heavy (non-hydrogen) atoms. The van der Waals surface area contributed by atoms with Gasteiger partial charge in [0.2, 0.25) is 5.91 Å². The Morgan fingerprint density at radius 1 is 0.920 bits per heavy atom. The standard InChI is InChI=1S/C17H15F3N2O3/c18-17(19,20)13-8-4-5-9-14(13)22-15(23)10-21-16(24)11-25-12-6-2-1-3-7-12/h1-9H,10-11H2,(H,21,24)(H,22,23). The molecule has 8 heteroatoms. The van der Waals surface area contributed by atoms with Crippen molar-refractivity contribution in [2.75, 3.05) is 18.5 Å². The first-order valence-corrected chi connectivity index (χ1v) is 7.27. The number of nitrogens with one attached hydrogen (secondary N) is 2. The fourth-order valence-electron chi connectivity index (χ4n) is 1.93. The Morgan fingerprint density at radius 2 is 1.56 bits per heavy atom. The van der Waals surface area contributed by atoms with Crippen molar-refractivity contribution >= 4 is 17.5 Å². The molecule has 0 aromatic heterocycles. The van der Waals surface area contributed by atoms with E-state index in [1.807, 2.05) is 0 Å². The molecule has 2 aromatic carbocycles. The summed E-state index contributed by atoms with van der Waals surface area (Å²) in [6.07, 6.45) is -4.59. The number of benzene rings is 2. The summed E-state index contributed by atoms with van der Waals surface area (Å²) in [4.78, 5) is 23.3. The van der Waals surface area contributed by atoms with Gasteiger partial charge < -0.3 is 15.4 Å². The van der Waals surface area contributed by atoms with Gasteiger partial charge in [0, 0.05) is 0 Å².